The molecule has 4 nitrogen and oxygen atoms in total. The molecule has 0 aliphatic carbocycles. The van der Waals surface area contributed by atoms with Crippen LogP contribution in [0.3, 0.4) is 0 Å². The molecular weight excluding hydrogens is 324 g/mol. The van der Waals surface area contributed by atoms with Gasteiger partial charge in [0.25, 0.3) is 0 Å². The molecule has 0 saturated carbocycles. The number of esters is 1. The van der Waals surface area contributed by atoms with Gasteiger partial charge in [-0.1, -0.05) is 46.0 Å². The summed E-state index contributed by atoms with van der Waals surface area (Å²) in [5.74, 6) is 0.420. The highest BCUT2D eigenvalue weighted by atomic mass is 16.5. The SMILES string of the molecule is CCCCCCC(=O)Oc1ccc(-c2cnc(CCCCC)cn2)cc1. The van der Waals surface area contributed by atoms with E-state index in [1.807, 2.05) is 36.7 Å². The van der Waals surface area contributed by atoms with E-state index in [1.165, 1.54) is 25.7 Å². The summed E-state index contributed by atoms with van der Waals surface area (Å²) in [7, 11) is 0. The molecule has 0 saturated heterocycles. The summed E-state index contributed by atoms with van der Waals surface area (Å²) >= 11 is 0. The maximum atomic E-state index is 11.8. The van der Waals surface area contributed by atoms with Crippen molar-refractivity contribution in [2.75, 3.05) is 0 Å². The molecule has 0 unspecified atom stereocenters. The van der Waals surface area contributed by atoms with Crippen LogP contribution in [0.25, 0.3) is 11.3 Å². The van der Waals surface area contributed by atoms with Gasteiger partial charge in [0.15, 0.2) is 0 Å². The van der Waals surface area contributed by atoms with Crippen molar-refractivity contribution in [1.29, 1.82) is 0 Å². The van der Waals surface area contributed by atoms with Crippen molar-refractivity contribution in [1.82, 2.24) is 9.97 Å². The normalized spacial score (nSPS) is 10.7. The lowest BCUT2D eigenvalue weighted by Gasteiger charge is -2.06. The van der Waals surface area contributed by atoms with Gasteiger partial charge in [0.1, 0.15) is 5.75 Å². The third-order valence-corrected chi connectivity index (χ3v) is 4.36. The molecule has 0 aliphatic rings. The topological polar surface area (TPSA) is 52.1 Å². The first kappa shape index (κ1) is 20.1. The van der Waals surface area contributed by atoms with Gasteiger partial charge in [0.2, 0.25) is 0 Å². The van der Waals surface area contributed by atoms with Gasteiger partial charge in [0, 0.05) is 18.2 Å². The average Bonchev–Trinajstić information content (AvgIpc) is 2.67. The van der Waals surface area contributed by atoms with E-state index in [4.69, 9.17) is 4.74 Å². The van der Waals surface area contributed by atoms with E-state index in [-0.39, 0.29) is 5.97 Å². The molecule has 2 rings (SSSR count). The minimum Gasteiger partial charge on any atom is -0.427 e. The molecule has 26 heavy (non-hydrogen) atoms. The highest BCUT2D eigenvalue weighted by Gasteiger charge is 2.06. The Hall–Kier alpha value is -2.23. The molecule has 2 aromatic rings. The predicted molar refractivity (Wildman–Crippen MR) is 105 cm³/mol. The zero-order chi connectivity index (χ0) is 18.6. The maximum absolute atomic E-state index is 11.8. The molecule has 0 amide bonds. The van der Waals surface area contributed by atoms with Crippen LogP contribution in [0.5, 0.6) is 5.75 Å². The van der Waals surface area contributed by atoms with Crippen LogP contribution >= 0.6 is 0 Å². The van der Waals surface area contributed by atoms with Gasteiger partial charge in [-0.3, -0.25) is 14.8 Å². The number of nitrogens with zero attached hydrogens (tertiary/aromatic N) is 2. The fraction of sp³-hybridized carbons (Fsp3) is 0.500. The lowest BCUT2D eigenvalue weighted by atomic mass is 10.1. The van der Waals surface area contributed by atoms with Crippen LogP contribution in [-0.4, -0.2) is 15.9 Å². The van der Waals surface area contributed by atoms with E-state index in [9.17, 15) is 4.79 Å². The zero-order valence-corrected chi connectivity index (χ0v) is 16.0. The van der Waals surface area contributed by atoms with Gasteiger partial charge in [-0.15, -0.1) is 0 Å². The van der Waals surface area contributed by atoms with Crippen LogP contribution in [0, 0.1) is 0 Å². The van der Waals surface area contributed by atoms with Gasteiger partial charge in [-0.25, -0.2) is 0 Å². The number of hydrogen-bond donors (Lipinski definition) is 0. The third-order valence-electron chi connectivity index (χ3n) is 4.36. The van der Waals surface area contributed by atoms with Crippen molar-refractivity contribution in [3.63, 3.8) is 0 Å². The number of ether oxygens (including phenoxy) is 1. The summed E-state index contributed by atoms with van der Waals surface area (Å²) in [4.78, 5) is 20.8. The first-order chi connectivity index (χ1) is 12.7. The lowest BCUT2D eigenvalue weighted by Crippen LogP contribution is -2.07. The second-order valence-electron chi connectivity index (χ2n) is 6.66. The standard InChI is InChI=1S/C22H30N2O2/c1-3-5-7-9-11-22(25)26-20-14-12-18(13-15-20)21-17-23-19(16-24-21)10-8-6-4-2/h12-17H,3-11H2,1-2H3. The molecule has 0 bridgehead atoms. The van der Waals surface area contributed by atoms with Gasteiger partial charge in [-0.2, -0.15) is 0 Å². The summed E-state index contributed by atoms with van der Waals surface area (Å²) < 4.78 is 5.38. The Morgan fingerprint density at radius 2 is 1.62 bits per heavy atom. The van der Waals surface area contributed by atoms with E-state index >= 15 is 0 Å². The van der Waals surface area contributed by atoms with E-state index in [0.29, 0.717) is 12.2 Å². The minimum atomic E-state index is -0.162. The molecule has 0 radical (unpaired) electrons. The minimum absolute atomic E-state index is 0.162. The zero-order valence-electron chi connectivity index (χ0n) is 16.0. The van der Waals surface area contributed by atoms with Crippen molar-refractivity contribution in [2.24, 2.45) is 0 Å². The molecule has 0 aliphatic heterocycles. The van der Waals surface area contributed by atoms with E-state index in [0.717, 1.165) is 42.6 Å². The molecule has 1 aromatic heterocycles. The number of hydrogen-bond acceptors (Lipinski definition) is 4. The lowest BCUT2D eigenvalue weighted by molar-refractivity contribution is -0.134. The number of aromatic nitrogens is 2. The van der Waals surface area contributed by atoms with Gasteiger partial charge < -0.3 is 4.74 Å². The number of benzene rings is 1. The number of carbonyl (C=O) groups is 1. The van der Waals surface area contributed by atoms with Crippen molar-refractivity contribution in [3.05, 3.63) is 42.4 Å². The second kappa shape index (κ2) is 11.4. The number of unbranched alkanes of at least 4 members (excludes halogenated alkanes) is 5. The molecule has 4 heteroatoms. The Morgan fingerprint density at radius 3 is 2.27 bits per heavy atom. The quantitative estimate of drug-likeness (QED) is 0.293. The monoisotopic (exact) mass is 354 g/mol. The fourth-order valence-corrected chi connectivity index (χ4v) is 2.76. The molecule has 1 heterocycles. The average molecular weight is 354 g/mol. The van der Waals surface area contributed by atoms with Gasteiger partial charge in [-0.05, 0) is 43.5 Å². The molecule has 0 N–H and O–H groups in total. The fourth-order valence-electron chi connectivity index (χ4n) is 2.76. The van der Waals surface area contributed by atoms with Crippen LogP contribution in [0.15, 0.2) is 36.7 Å². The highest BCUT2D eigenvalue weighted by molar-refractivity contribution is 5.72. The number of aryl methyl sites for hydroxylation is 1. The molecule has 140 valence electrons. The van der Waals surface area contributed by atoms with Crippen LogP contribution in [0.4, 0.5) is 0 Å². The summed E-state index contributed by atoms with van der Waals surface area (Å²) in [6.07, 6.45) is 13.0. The molecule has 0 spiro atoms. The Kier molecular flexibility index (Phi) is 8.81. The van der Waals surface area contributed by atoms with Crippen molar-refractivity contribution >= 4 is 5.97 Å². The van der Waals surface area contributed by atoms with Crippen LogP contribution in [-0.2, 0) is 11.2 Å². The van der Waals surface area contributed by atoms with Crippen molar-refractivity contribution in [3.8, 4) is 17.0 Å². The third kappa shape index (κ3) is 6.95. The largest absolute Gasteiger partial charge is 0.427 e. The molecule has 0 atom stereocenters. The van der Waals surface area contributed by atoms with Gasteiger partial charge in [0.05, 0.1) is 17.6 Å². The number of rotatable bonds is 11. The molecule has 0 fully saturated rings. The Morgan fingerprint density at radius 1 is 0.885 bits per heavy atom. The van der Waals surface area contributed by atoms with E-state index < -0.39 is 0 Å². The Balaban J connectivity index is 1.85. The molecular formula is C22H30N2O2. The highest BCUT2D eigenvalue weighted by Crippen LogP contribution is 2.21. The Labute approximate surface area is 157 Å². The van der Waals surface area contributed by atoms with Crippen LogP contribution in [0.2, 0.25) is 0 Å². The predicted octanol–water partition coefficient (Wildman–Crippen LogP) is 5.75. The van der Waals surface area contributed by atoms with Gasteiger partial charge >= 0.3 is 5.97 Å². The first-order valence-electron chi connectivity index (χ1n) is 9.85. The van der Waals surface area contributed by atoms with E-state index in [2.05, 4.69) is 23.8 Å². The molecule has 1 aromatic carbocycles. The summed E-state index contributed by atoms with van der Waals surface area (Å²) in [6, 6.07) is 7.47. The second-order valence-corrected chi connectivity index (χ2v) is 6.66. The summed E-state index contributed by atoms with van der Waals surface area (Å²) in [6.45, 7) is 4.35. The Bertz CT molecular complexity index is 651. The van der Waals surface area contributed by atoms with Crippen molar-refractivity contribution < 1.29 is 9.53 Å². The van der Waals surface area contributed by atoms with Crippen LogP contribution < -0.4 is 4.74 Å². The van der Waals surface area contributed by atoms with Crippen molar-refractivity contribution in [2.45, 2.75) is 71.6 Å². The van der Waals surface area contributed by atoms with Crippen LogP contribution in [0.1, 0.15) is 70.9 Å². The first-order valence-corrected chi connectivity index (χ1v) is 9.85. The number of carbonyl (C=O) groups excluding carboxylic acids is 1. The summed E-state index contributed by atoms with van der Waals surface area (Å²) in [5.41, 5.74) is 2.85. The smallest absolute Gasteiger partial charge is 0.311 e. The van der Waals surface area contributed by atoms with E-state index in [1.54, 1.807) is 0 Å². The summed E-state index contributed by atoms with van der Waals surface area (Å²) in [5, 5.41) is 0. The maximum Gasteiger partial charge on any atom is 0.311 e.